The SMILES string of the molecule is COCN(c1cc(Cl)cnc1C(=O)c1c(F)cccc1OC)S(=O)c1cccc(C(F)(F)F)c1. The average molecular weight is 517 g/mol. The maximum Gasteiger partial charge on any atom is 0.416 e. The fourth-order valence-corrected chi connectivity index (χ4v) is 4.39. The van der Waals surface area contributed by atoms with Crippen molar-refractivity contribution in [2.75, 3.05) is 25.3 Å². The number of ketones is 1. The molecule has 0 spiro atoms. The van der Waals surface area contributed by atoms with Gasteiger partial charge in [-0.1, -0.05) is 23.7 Å². The maximum absolute atomic E-state index is 14.6. The number of nitrogens with zero attached hydrogens (tertiary/aromatic N) is 2. The zero-order valence-electron chi connectivity index (χ0n) is 17.7. The van der Waals surface area contributed by atoms with E-state index >= 15 is 0 Å². The number of aromatic nitrogens is 1. The first-order chi connectivity index (χ1) is 16.1. The average Bonchev–Trinajstić information content (AvgIpc) is 2.81. The molecular formula is C22H17ClF4N2O4S. The van der Waals surface area contributed by atoms with E-state index in [1.54, 1.807) is 0 Å². The van der Waals surface area contributed by atoms with Gasteiger partial charge in [-0.05, 0) is 36.4 Å². The molecule has 1 atom stereocenters. The summed E-state index contributed by atoms with van der Waals surface area (Å²) in [6.45, 7) is -0.417. The molecule has 1 heterocycles. The number of rotatable bonds is 8. The summed E-state index contributed by atoms with van der Waals surface area (Å²) in [5, 5.41) is 0.0363. The van der Waals surface area contributed by atoms with Gasteiger partial charge in [0.2, 0.25) is 5.78 Å². The third kappa shape index (κ3) is 5.37. The number of carbonyl (C=O) groups is 1. The molecule has 0 fully saturated rings. The highest BCUT2D eigenvalue weighted by Gasteiger charge is 2.32. The largest absolute Gasteiger partial charge is 0.496 e. The minimum Gasteiger partial charge on any atom is -0.496 e. The van der Waals surface area contributed by atoms with Crippen LogP contribution in [-0.4, -0.2) is 35.9 Å². The smallest absolute Gasteiger partial charge is 0.416 e. The van der Waals surface area contributed by atoms with E-state index in [1.165, 1.54) is 38.5 Å². The normalized spacial score (nSPS) is 12.3. The van der Waals surface area contributed by atoms with Crippen molar-refractivity contribution in [1.82, 2.24) is 4.98 Å². The van der Waals surface area contributed by atoms with E-state index in [-0.39, 0.29) is 27.0 Å². The lowest BCUT2D eigenvalue weighted by molar-refractivity contribution is -0.137. The van der Waals surface area contributed by atoms with Gasteiger partial charge < -0.3 is 9.47 Å². The summed E-state index contributed by atoms with van der Waals surface area (Å²) in [7, 11) is 0.223. The molecule has 3 aromatic rings. The number of halogens is 5. The van der Waals surface area contributed by atoms with Gasteiger partial charge in [0, 0.05) is 13.3 Å². The standard InChI is InChI=1S/C22H17ClF4N2O4S/c1-32-12-29(34(31)15-6-3-5-13(9-15)22(25,26)27)17-10-14(23)11-28-20(17)21(30)19-16(24)7-4-8-18(19)33-2/h3-11H,12H2,1-2H3. The summed E-state index contributed by atoms with van der Waals surface area (Å²) < 4.78 is 78.5. The number of anilines is 1. The quantitative estimate of drug-likeness (QED) is 0.232. The van der Waals surface area contributed by atoms with Crippen LogP contribution in [0.5, 0.6) is 5.75 Å². The van der Waals surface area contributed by atoms with E-state index in [1.807, 2.05) is 0 Å². The number of hydrogen-bond acceptors (Lipinski definition) is 5. The molecule has 2 aromatic carbocycles. The summed E-state index contributed by atoms with van der Waals surface area (Å²) >= 11 is 6.05. The van der Waals surface area contributed by atoms with Crippen molar-refractivity contribution in [3.63, 3.8) is 0 Å². The fraction of sp³-hybridized carbons (Fsp3) is 0.182. The van der Waals surface area contributed by atoms with E-state index in [2.05, 4.69) is 4.98 Å². The van der Waals surface area contributed by atoms with Crippen LogP contribution in [0.25, 0.3) is 0 Å². The molecule has 0 N–H and O–H groups in total. The summed E-state index contributed by atoms with van der Waals surface area (Å²) in [6, 6.07) is 8.90. The number of hydrogen-bond donors (Lipinski definition) is 0. The van der Waals surface area contributed by atoms with Crippen LogP contribution in [0.3, 0.4) is 0 Å². The van der Waals surface area contributed by atoms with Crippen molar-refractivity contribution in [1.29, 1.82) is 0 Å². The third-order valence-corrected chi connectivity index (χ3v) is 6.12. The lowest BCUT2D eigenvalue weighted by atomic mass is 10.0. The molecule has 0 aliphatic rings. The van der Waals surface area contributed by atoms with Gasteiger partial charge >= 0.3 is 6.18 Å². The molecule has 0 saturated heterocycles. The van der Waals surface area contributed by atoms with Crippen molar-refractivity contribution < 1.29 is 36.0 Å². The van der Waals surface area contributed by atoms with Crippen LogP contribution in [0.2, 0.25) is 5.02 Å². The topological polar surface area (TPSA) is 68.7 Å². The first kappa shape index (κ1) is 25.6. The highest BCUT2D eigenvalue weighted by atomic mass is 35.5. The van der Waals surface area contributed by atoms with Crippen molar-refractivity contribution in [3.05, 3.63) is 82.4 Å². The zero-order valence-corrected chi connectivity index (χ0v) is 19.3. The monoisotopic (exact) mass is 516 g/mol. The Kier molecular flexibility index (Phi) is 7.90. The molecule has 0 radical (unpaired) electrons. The molecule has 0 amide bonds. The van der Waals surface area contributed by atoms with Crippen LogP contribution < -0.4 is 9.04 Å². The van der Waals surface area contributed by atoms with Gasteiger partial charge in [0.15, 0.2) is 11.0 Å². The van der Waals surface area contributed by atoms with Crippen molar-refractivity contribution in [3.8, 4) is 5.75 Å². The second kappa shape index (κ2) is 10.5. The van der Waals surface area contributed by atoms with Gasteiger partial charge in [0.05, 0.1) is 28.3 Å². The van der Waals surface area contributed by atoms with Gasteiger partial charge in [-0.2, -0.15) is 13.2 Å². The predicted molar refractivity (Wildman–Crippen MR) is 118 cm³/mol. The van der Waals surface area contributed by atoms with Crippen LogP contribution in [0.15, 0.2) is 59.6 Å². The molecule has 6 nitrogen and oxygen atoms in total. The molecule has 180 valence electrons. The van der Waals surface area contributed by atoms with Crippen molar-refractivity contribution >= 4 is 34.1 Å². The second-order valence-corrected chi connectivity index (χ2v) is 8.59. The van der Waals surface area contributed by atoms with Crippen molar-refractivity contribution in [2.24, 2.45) is 0 Å². The minimum absolute atomic E-state index is 0.0363. The maximum atomic E-state index is 14.6. The van der Waals surface area contributed by atoms with Crippen LogP contribution >= 0.6 is 11.6 Å². The molecule has 0 aliphatic carbocycles. The Morgan fingerprint density at radius 1 is 1.15 bits per heavy atom. The van der Waals surface area contributed by atoms with Crippen LogP contribution in [0.1, 0.15) is 21.6 Å². The Hall–Kier alpha value is -3.02. The van der Waals surface area contributed by atoms with Crippen LogP contribution in [0, 0.1) is 5.82 Å². The predicted octanol–water partition coefficient (Wildman–Crippen LogP) is 5.27. The number of pyridine rings is 1. The lowest BCUT2D eigenvalue weighted by Gasteiger charge is -2.24. The summed E-state index contributed by atoms with van der Waals surface area (Å²) in [5.74, 6) is -1.86. The number of alkyl halides is 3. The molecular weight excluding hydrogens is 500 g/mol. The Morgan fingerprint density at radius 3 is 2.50 bits per heavy atom. The minimum atomic E-state index is -4.66. The number of carbonyl (C=O) groups excluding carboxylic acids is 1. The van der Waals surface area contributed by atoms with E-state index in [9.17, 15) is 26.6 Å². The lowest BCUT2D eigenvalue weighted by Crippen LogP contribution is -2.30. The first-order valence-corrected chi connectivity index (χ1v) is 10.9. The van der Waals surface area contributed by atoms with Gasteiger partial charge in [0.25, 0.3) is 0 Å². The van der Waals surface area contributed by atoms with E-state index in [0.29, 0.717) is 0 Å². The summed E-state index contributed by atoms with van der Waals surface area (Å²) in [4.78, 5) is 17.1. The van der Waals surface area contributed by atoms with Gasteiger partial charge in [-0.25, -0.2) is 13.6 Å². The second-order valence-electron chi connectivity index (χ2n) is 6.74. The number of methoxy groups -OCH3 is 2. The van der Waals surface area contributed by atoms with E-state index in [0.717, 1.165) is 34.8 Å². The fourth-order valence-electron chi connectivity index (χ4n) is 3.04. The van der Waals surface area contributed by atoms with Gasteiger partial charge in [-0.3, -0.25) is 9.10 Å². The Bertz CT molecular complexity index is 1240. The molecule has 3 rings (SSSR count). The molecule has 34 heavy (non-hydrogen) atoms. The number of ether oxygens (including phenoxy) is 2. The Morgan fingerprint density at radius 2 is 1.85 bits per heavy atom. The highest BCUT2D eigenvalue weighted by Crippen LogP contribution is 2.33. The molecule has 0 saturated carbocycles. The van der Waals surface area contributed by atoms with E-state index < -0.39 is 46.6 Å². The molecule has 1 unspecified atom stereocenters. The van der Waals surface area contributed by atoms with Crippen LogP contribution in [-0.2, 0) is 21.9 Å². The molecule has 0 aliphatic heterocycles. The third-order valence-electron chi connectivity index (χ3n) is 4.55. The molecule has 0 bridgehead atoms. The Balaban J connectivity index is 2.15. The Labute approximate surface area is 199 Å². The number of benzene rings is 2. The van der Waals surface area contributed by atoms with Gasteiger partial charge in [-0.15, -0.1) is 0 Å². The molecule has 12 heteroatoms. The van der Waals surface area contributed by atoms with Crippen LogP contribution in [0.4, 0.5) is 23.2 Å². The van der Waals surface area contributed by atoms with E-state index in [4.69, 9.17) is 21.1 Å². The van der Waals surface area contributed by atoms with Gasteiger partial charge in [0.1, 0.15) is 29.6 Å². The summed E-state index contributed by atoms with van der Waals surface area (Å²) in [5.41, 5.74) is -1.93. The van der Waals surface area contributed by atoms with Crippen molar-refractivity contribution in [2.45, 2.75) is 11.1 Å². The zero-order chi connectivity index (χ0) is 25.0. The summed E-state index contributed by atoms with van der Waals surface area (Å²) in [6.07, 6.45) is -3.53. The molecule has 1 aromatic heterocycles. The highest BCUT2D eigenvalue weighted by molar-refractivity contribution is 7.86. The first-order valence-electron chi connectivity index (χ1n) is 9.46.